The second-order valence-electron chi connectivity index (χ2n) is 9.09. The molecule has 1 N–H and O–H groups in total. The SMILES string of the molecule is C=CCOc1c(Br)cc(CN[C@@H](C)C23CC4CC(CC(C4)C2)C3)cc1OC. The zero-order valence-electron chi connectivity index (χ0n) is 16.6. The van der Waals surface area contributed by atoms with Crippen molar-refractivity contribution in [3.8, 4) is 11.5 Å². The van der Waals surface area contributed by atoms with Gasteiger partial charge in [-0.15, -0.1) is 0 Å². The molecule has 27 heavy (non-hydrogen) atoms. The molecule has 4 bridgehead atoms. The standard InChI is InChI=1S/C23H32BrNO2/c1-4-5-27-22-20(24)9-19(10-21(22)26-3)14-25-15(2)23-11-16-6-17(12-23)8-18(7-16)13-23/h4,9-10,15-18,25H,1,5-8,11-14H2,2-3H3/t15-,16?,17?,18?,23?/m0/s1. The fourth-order valence-electron chi connectivity index (χ4n) is 6.35. The maximum atomic E-state index is 5.74. The minimum absolute atomic E-state index is 0.468. The van der Waals surface area contributed by atoms with E-state index in [4.69, 9.17) is 9.47 Å². The Morgan fingerprint density at radius 1 is 1.22 bits per heavy atom. The number of nitrogens with one attached hydrogen (secondary N) is 1. The maximum Gasteiger partial charge on any atom is 0.175 e. The Bertz CT molecular complexity index is 667. The highest BCUT2D eigenvalue weighted by Crippen LogP contribution is 2.61. The van der Waals surface area contributed by atoms with Crippen molar-refractivity contribution in [2.75, 3.05) is 13.7 Å². The second-order valence-corrected chi connectivity index (χ2v) is 9.95. The maximum absolute atomic E-state index is 5.74. The van der Waals surface area contributed by atoms with Gasteiger partial charge in [0.25, 0.3) is 0 Å². The van der Waals surface area contributed by atoms with Crippen LogP contribution in [0.3, 0.4) is 0 Å². The lowest BCUT2D eigenvalue weighted by Crippen LogP contribution is -2.54. The van der Waals surface area contributed by atoms with Crippen LogP contribution >= 0.6 is 15.9 Å². The van der Waals surface area contributed by atoms with E-state index in [1.165, 1.54) is 44.1 Å². The van der Waals surface area contributed by atoms with E-state index in [2.05, 4.69) is 46.9 Å². The Morgan fingerprint density at radius 3 is 2.41 bits per heavy atom. The highest BCUT2D eigenvalue weighted by Gasteiger charge is 2.52. The molecule has 1 atom stereocenters. The molecule has 4 saturated carbocycles. The van der Waals surface area contributed by atoms with E-state index in [0.717, 1.165) is 40.3 Å². The molecule has 4 fully saturated rings. The van der Waals surface area contributed by atoms with Gasteiger partial charge in [0.2, 0.25) is 0 Å². The molecule has 0 radical (unpaired) electrons. The van der Waals surface area contributed by atoms with Crippen molar-refractivity contribution < 1.29 is 9.47 Å². The number of hydrogen-bond acceptors (Lipinski definition) is 3. The third-order valence-corrected chi connectivity index (χ3v) is 7.84. The van der Waals surface area contributed by atoms with Crippen molar-refractivity contribution in [2.45, 2.75) is 58.0 Å². The van der Waals surface area contributed by atoms with Crippen LogP contribution in [0, 0.1) is 23.2 Å². The summed E-state index contributed by atoms with van der Waals surface area (Å²) in [5.41, 5.74) is 1.75. The lowest BCUT2D eigenvalue weighted by Gasteiger charge is -2.59. The number of halogens is 1. The lowest BCUT2D eigenvalue weighted by atomic mass is 9.48. The number of benzene rings is 1. The van der Waals surface area contributed by atoms with Gasteiger partial charge in [-0.2, -0.15) is 0 Å². The predicted octanol–water partition coefficient (Wildman–Crippen LogP) is 5.72. The van der Waals surface area contributed by atoms with Gasteiger partial charge in [-0.25, -0.2) is 0 Å². The molecule has 1 aromatic carbocycles. The minimum atomic E-state index is 0.468. The van der Waals surface area contributed by atoms with Gasteiger partial charge < -0.3 is 14.8 Å². The van der Waals surface area contributed by atoms with Gasteiger partial charge in [0.15, 0.2) is 11.5 Å². The monoisotopic (exact) mass is 433 g/mol. The van der Waals surface area contributed by atoms with Crippen LogP contribution in [0.5, 0.6) is 11.5 Å². The number of hydrogen-bond donors (Lipinski definition) is 1. The molecule has 5 rings (SSSR count). The van der Waals surface area contributed by atoms with Crippen molar-refractivity contribution in [3.63, 3.8) is 0 Å². The number of rotatable bonds is 8. The summed E-state index contributed by atoms with van der Waals surface area (Å²) >= 11 is 3.64. The van der Waals surface area contributed by atoms with Crippen LogP contribution in [-0.2, 0) is 6.54 Å². The topological polar surface area (TPSA) is 30.5 Å². The first-order chi connectivity index (χ1) is 13.0. The average molecular weight is 434 g/mol. The highest BCUT2D eigenvalue weighted by atomic mass is 79.9. The van der Waals surface area contributed by atoms with Gasteiger partial charge in [-0.3, -0.25) is 0 Å². The Labute approximate surface area is 172 Å². The summed E-state index contributed by atoms with van der Waals surface area (Å²) < 4.78 is 12.2. The summed E-state index contributed by atoms with van der Waals surface area (Å²) in [6.07, 6.45) is 10.6. The molecule has 0 aliphatic heterocycles. The Morgan fingerprint density at radius 2 is 1.85 bits per heavy atom. The molecule has 0 aromatic heterocycles. The molecule has 0 amide bonds. The van der Waals surface area contributed by atoms with Crippen LogP contribution in [0.25, 0.3) is 0 Å². The fourth-order valence-corrected chi connectivity index (χ4v) is 6.96. The molecule has 0 saturated heterocycles. The Kier molecular flexibility index (Phi) is 5.57. The number of ether oxygens (including phenoxy) is 2. The van der Waals surface area contributed by atoms with Crippen molar-refractivity contribution in [3.05, 3.63) is 34.8 Å². The van der Waals surface area contributed by atoms with E-state index in [1.807, 2.05) is 0 Å². The second kappa shape index (κ2) is 7.79. The molecular formula is C23H32BrNO2. The van der Waals surface area contributed by atoms with Crippen molar-refractivity contribution >= 4 is 15.9 Å². The van der Waals surface area contributed by atoms with Crippen LogP contribution in [0.2, 0.25) is 0 Å². The molecule has 0 unspecified atom stereocenters. The summed E-state index contributed by atoms with van der Waals surface area (Å²) in [5.74, 6) is 4.50. The van der Waals surface area contributed by atoms with Crippen molar-refractivity contribution in [1.82, 2.24) is 5.32 Å². The van der Waals surface area contributed by atoms with Crippen LogP contribution in [0.1, 0.15) is 51.0 Å². The lowest BCUT2D eigenvalue weighted by molar-refractivity contribution is -0.0706. The number of methoxy groups -OCH3 is 1. The third kappa shape index (κ3) is 3.80. The van der Waals surface area contributed by atoms with Crippen LogP contribution in [0.4, 0.5) is 0 Å². The summed E-state index contributed by atoms with van der Waals surface area (Å²) in [4.78, 5) is 0. The summed E-state index contributed by atoms with van der Waals surface area (Å²) in [6.45, 7) is 7.46. The Hall–Kier alpha value is -1.00. The molecule has 3 nitrogen and oxygen atoms in total. The van der Waals surface area contributed by atoms with E-state index in [0.29, 0.717) is 18.1 Å². The first-order valence-corrected chi connectivity index (χ1v) is 11.2. The molecule has 4 aliphatic rings. The molecule has 4 aliphatic carbocycles. The van der Waals surface area contributed by atoms with Gasteiger partial charge in [0, 0.05) is 12.6 Å². The molecule has 4 heteroatoms. The van der Waals surface area contributed by atoms with Gasteiger partial charge in [0.1, 0.15) is 6.61 Å². The van der Waals surface area contributed by atoms with Gasteiger partial charge in [0.05, 0.1) is 11.6 Å². The summed E-state index contributed by atoms with van der Waals surface area (Å²) in [7, 11) is 1.69. The molecule has 1 aromatic rings. The quantitative estimate of drug-likeness (QED) is 0.531. The highest BCUT2D eigenvalue weighted by molar-refractivity contribution is 9.10. The van der Waals surface area contributed by atoms with Crippen LogP contribution < -0.4 is 14.8 Å². The van der Waals surface area contributed by atoms with E-state index in [1.54, 1.807) is 13.2 Å². The largest absolute Gasteiger partial charge is 0.493 e. The zero-order valence-corrected chi connectivity index (χ0v) is 18.2. The third-order valence-electron chi connectivity index (χ3n) is 7.25. The Balaban J connectivity index is 1.44. The van der Waals surface area contributed by atoms with Gasteiger partial charge >= 0.3 is 0 Å². The summed E-state index contributed by atoms with van der Waals surface area (Å²) in [6, 6.07) is 4.79. The van der Waals surface area contributed by atoms with Crippen molar-refractivity contribution in [2.24, 2.45) is 23.2 Å². The first kappa shape index (κ1) is 19.3. The molecule has 0 spiro atoms. The zero-order chi connectivity index (χ0) is 19.0. The first-order valence-electron chi connectivity index (χ1n) is 10.4. The fraction of sp³-hybridized carbons (Fsp3) is 0.652. The van der Waals surface area contributed by atoms with Gasteiger partial charge in [-0.1, -0.05) is 12.7 Å². The predicted molar refractivity (Wildman–Crippen MR) is 113 cm³/mol. The smallest absolute Gasteiger partial charge is 0.175 e. The van der Waals surface area contributed by atoms with E-state index in [-0.39, 0.29) is 0 Å². The summed E-state index contributed by atoms with van der Waals surface area (Å²) in [5, 5.41) is 3.86. The molecule has 148 valence electrons. The molecule has 0 heterocycles. The molecular weight excluding hydrogens is 402 g/mol. The van der Waals surface area contributed by atoms with Gasteiger partial charge in [-0.05, 0) is 102 Å². The average Bonchev–Trinajstić information content (AvgIpc) is 2.63. The normalized spacial score (nSPS) is 32.3. The van der Waals surface area contributed by atoms with Crippen molar-refractivity contribution in [1.29, 1.82) is 0 Å². The van der Waals surface area contributed by atoms with Crippen LogP contribution in [0.15, 0.2) is 29.3 Å². The van der Waals surface area contributed by atoms with E-state index in [9.17, 15) is 0 Å². The van der Waals surface area contributed by atoms with Crippen LogP contribution in [-0.4, -0.2) is 19.8 Å². The minimum Gasteiger partial charge on any atom is -0.493 e. The van der Waals surface area contributed by atoms with E-state index < -0.39 is 0 Å². The van der Waals surface area contributed by atoms with E-state index >= 15 is 0 Å².